The lowest BCUT2D eigenvalue weighted by Crippen LogP contribution is -2.29. The molecule has 1 aliphatic rings. The Bertz CT molecular complexity index is 561. The molecule has 0 saturated carbocycles. The van der Waals surface area contributed by atoms with Crippen molar-refractivity contribution in [2.75, 3.05) is 41.0 Å². The number of rotatable bonds is 7. The molecule has 1 heterocycles. The standard InChI is InChI=1S/C16H21NO6/c1-20-12-9-11(10-13(21-2)15(12)22-3)16(19)23-8-7-17-6-4-5-14(17)18/h9-10H,4-8H2,1-3H3. The third kappa shape index (κ3) is 3.85. The number of carbonyl (C=O) groups is 2. The summed E-state index contributed by atoms with van der Waals surface area (Å²) in [5, 5.41) is 0. The van der Waals surface area contributed by atoms with Crippen LogP contribution in [0.5, 0.6) is 17.2 Å². The third-order valence-corrected chi connectivity index (χ3v) is 3.67. The van der Waals surface area contributed by atoms with Gasteiger partial charge in [-0.25, -0.2) is 4.79 Å². The highest BCUT2D eigenvalue weighted by Gasteiger charge is 2.21. The van der Waals surface area contributed by atoms with Crippen LogP contribution in [0.3, 0.4) is 0 Å². The molecular weight excluding hydrogens is 302 g/mol. The first-order chi connectivity index (χ1) is 11.1. The molecule has 0 aromatic heterocycles. The average molecular weight is 323 g/mol. The van der Waals surface area contributed by atoms with E-state index in [2.05, 4.69) is 0 Å². The topological polar surface area (TPSA) is 74.3 Å². The number of esters is 1. The van der Waals surface area contributed by atoms with Gasteiger partial charge in [0.15, 0.2) is 11.5 Å². The molecule has 0 N–H and O–H groups in total. The van der Waals surface area contributed by atoms with Gasteiger partial charge in [-0.15, -0.1) is 0 Å². The van der Waals surface area contributed by atoms with E-state index in [0.717, 1.165) is 13.0 Å². The maximum atomic E-state index is 12.2. The van der Waals surface area contributed by atoms with E-state index in [0.29, 0.717) is 35.8 Å². The van der Waals surface area contributed by atoms with Crippen LogP contribution < -0.4 is 14.2 Å². The van der Waals surface area contributed by atoms with Gasteiger partial charge in [-0.3, -0.25) is 4.79 Å². The summed E-state index contributed by atoms with van der Waals surface area (Å²) in [5.74, 6) is 0.779. The van der Waals surface area contributed by atoms with Gasteiger partial charge in [0, 0.05) is 13.0 Å². The van der Waals surface area contributed by atoms with Crippen LogP contribution >= 0.6 is 0 Å². The lowest BCUT2D eigenvalue weighted by Gasteiger charge is -2.16. The number of carbonyl (C=O) groups excluding carboxylic acids is 2. The lowest BCUT2D eigenvalue weighted by atomic mass is 10.2. The number of ether oxygens (including phenoxy) is 4. The van der Waals surface area contributed by atoms with E-state index in [4.69, 9.17) is 18.9 Å². The van der Waals surface area contributed by atoms with Crippen molar-refractivity contribution >= 4 is 11.9 Å². The van der Waals surface area contributed by atoms with E-state index in [1.54, 1.807) is 4.90 Å². The average Bonchev–Trinajstić information content (AvgIpc) is 2.98. The van der Waals surface area contributed by atoms with Crippen LogP contribution in [-0.4, -0.2) is 57.8 Å². The number of benzene rings is 1. The summed E-state index contributed by atoms with van der Waals surface area (Å²) in [6, 6.07) is 3.06. The normalized spacial score (nSPS) is 13.9. The van der Waals surface area contributed by atoms with Gasteiger partial charge < -0.3 is 23.8 Å². The molecule has 126 valence electrons. The number of methoxy groups -OCH3 is 3. The molecule has 7 heteroatoms. The fraction of sp³-hybridized carbons (Fsp3) is 0.500. The van der Waals surface area contributed by atoms with Crippen molar-refractivity contribution in [2.45, 2.75) is 12.8 Å². The molecular formula is C16H21NO6. The Balaban J connectivity index is 2.02. The molecule has 7 nitrogen and oxygen atoms in total. The first kappa shape index (κ1) is 16.9. The zero-order valence-corrected chi connectivity index (χ0v) is 13.6. The fourth-order valence-corrected chi connectivity index (χ4v) is 2.47. The fourth-order valence-electron chi connectivity index (χ4n) is 2.47. The Morgan fingerprint density at radius 1 is 1.13 bits per heavy atom. The second kappa shape index (κ2) is 7.71. The van der Waals surface area contributed by atoms with E-state index in [-0.39, 0.29) is 12.5 Å². The summed E-state index contributed by atoms with van der Waals surface area (Å²) in [6.07, 6.45) is 1.43. The van der Waals surface area contributed by atoms with Crippen LogP contribution in [0.4, 0.5) is 0 Å². The minimum Gasteiger partial charge on any atom is -0.493 e. The van der Waals surface area contributed by atoms with Gasteiger partial charge in [-0.2, -0.15) is 0 Å². The van der Waals surface area contributed by atoms with Crippen LogP contribution in [0.2, 0.25) is 0 Å². The number of nitrogens with zero attached hydrogens (tertiary/aromatic N) is 1. The molecule has 0 spiro atoms. The van der Waals surface area contributed by atoms with Crippen LogP contribution in [0, 0.1) is 0 Å². The summed E-state index contributed by atoms with van der Waals surface area (Å²) < 4.78 is 20.8. The van der Waals surface area contributed by atoms with Crippen molar-refractivity contribution in [2.24, 2.45) is 0 Å². The quantitative estimate of drug-likeness (QED) is 0.708. The van der Waals surface area contributed by atoms with Gasteiger partial charge in [0.2, 0.25) is 11.7 Å². The predicted molar refractivity (Wildman–Crippen MR) is 82.2 cm³/mol. The second-order valence-electron chi connectivity index (χ2n) is 5.03. The summed E-state index contributed by atoms with van der Waals surface area (Å²) in [4.78, 5) is 25.4. The van der Waals surface area contributed by atoms with Crippen molar-refractivity contribution < 1.29 is 28.5 Å². The molecule has 0 atom stereocenters. The summed E-state index contributed by atoms with van der Waals surface area (Å²) in [7, 11) is 4.45. The molecule has 1 aromatic carbocycles. The van der Waals surface area contributed by atoms with Gasteiger partial charge in [0.25, 0.3) is 0 Å². The Hall–Kier alpha value is -2.44. The van der Waals surface area contributed by atoms with Gasteiger partial charge in [0.05, 0.1) is 33.4 Å². The second-order valence-corrected chi connectivity index (χ2v) is 5.03. The molecule has 23 heavy (non-hydrogen) atoms. The molecule has 1 aromatic rings. The molecule has 1 amide bonds. The third-order valence-electron chi connectivity index (χ3n) is 3.67. The van der Waals surface area contributed by atoms with Crippen LogP contribution in [0.25, 0.3) is 0 Å². The first-order valence-electron chi connectivity index (χ1n) is 7.35. The molecule has 0 radical (unpaired) electrons. The van der Waals surface area contributed by atoms with Gasteiger partial charge in [-0.1, -0.05) is 0 Å². The van der Waals surface area contributed by atoms with Gasteiger partial charge in [0.1, 0.15) is 6.61 Å². The SMILES string of the molecule is COc1cc(C(=O)OCCN2CCCC2=O)cc(OC)c1OC. The Morgan fingerprint density at radius 2 is 1.78 bits per heavy atom. The lowest BCUT2D eigenvalue weighted by molar-refractivity contribution is -0.128. The van der Waals surface area contributed by atoms with Crippen molar-refractivity contribution in [1.82, 2.24) is 4.90 Å². The van der Waals surface area contributed by atoms with Crippen LogP contribution in [0.1, 0.15) is 23.2 Å². The Labute approximate surface area is 135 Å². The zero-order valence-electron chi connectivity index (χ0n) is 13.6. The number of hydrogen-bond donors (Lipinski definition) is 0. The van der Waals surface area contributed by atoms with E-state index in [9.17, 15) is 9.59 Å². The minimum atomic E-state index is -0.504. The summed E-state index contributed by atoms with van der Waals surface area (Å²) >= 11 is 0. The summed E-state index contributed by atoms with van der Waals surface area (Å²) in [6.45, 7) is 1.29. The highest BCUT2D eigenvalue weighted by molar-refractivity contribution is 5.91. The smallest absolute Gasteiger partial charge is 0.338 e. The molecule has 1 fully saturated rings. The van der Waals surface area contributed by atoms with Crippen molar-refractivity contribution in [3.05, 3.63) is 17.7 Å². The number of likely N-dealkylation sites (tertiary alicyclic amines) is 1. The predicted octanol–water partition coefficient (Wildman–Crippen LogP) is 1.49. The number of amides is 1. The van der Waals surface area contributed by atoms with Gasteiger partial charge in [-0.05, 0) is 18.6 Å². The largest absolute Gasteiger partial charge is 0.493 e. The zero-order chi connectivity index (χ0) is 16.8. The van der Waals surface area contributed by atoms with Crippen molar-refractivity contribution in [1.29, 1.82) is 0 Å². The first-order valence-corrected chi connectivity index (χ1v) is 7.35. The highest BCUT2D eigenvalue weighted by atomic mass is 16.5. The van der Waals surface area contributed by atoms with E-state index in [1.165, 1.54) is 33.5 Å². The molecule has 1 aliphatic heterocycles. The molecule has 0 aliphatic carbocycles. The maximum absolute atomic E-state index is 12.2. The highest BCUT2D eigenvalue weighted by Crippen LogP contribution is 2.38. The van der Waals surface area contributed by atoms with Crippen molar-refractivity contribution in [3.63, 3.8) is 0 Å². The van der Waals surface area contributed by atoms with E-state index in [1.807, 2.05) is 0 Å². The summed E-state index contributed by atoms with van der Waals surface area (Å²) in [5.41, 5.74) is 0.298. The monoisotopic (exact) mass is 323 g/mol. The minimum absolute atomic E-state index is 0.105. The van der Waals surface area contributed by atoms with Gasteiger partial charge >= 0.3 is 5.97 Å². The molecule has 1 saturated heterocycles. The van der Waals surface area contributed by atoms with Crippen LogP contribution in [0.15, 0.2) is 12.1 Å². The number of hydrogen-bond acceptors (Lipinski definition) is 6. The molecule has 0 bridgehead atoms. The van der Waals surface area contributed by atoms with E-state index < -0.39 is 5.97 Å². The van der Waals surface area contributed by atoms with Crippen LogP contribution in [-0.2, 0) is 9.53 Å². The Morgan fingerprint density at radius 3 is 2.26 bits per heavy atom. The van der Waals surface area contributed by atoms with E-state index >= 15 is 0 Å². The van der Waals surface area contributed by atoms with Crippen molar-refractivity contribution in [3.8, 4) is 17.2 Å². The Kier molecular flexibility index (Phi) is 5.67. The maximum Gasteiger partial charge on any atom is 0.338 e. The molecule has 0 unspecified atom stereocenters. The molecule has 2 rings (SSSR count).